The van der Waals surface area contributed by atoms with Crippen LogP contribution < -0.4 is 10.1 Å². The number of morpholine rings is 1. The average molecular weight is 668 g/mol. The van der Waals surface area contributed by atoms with Crippen molar-refractivity contribution in [1.29, 1.82) is 0 Å². The number of aliphatic carboxylic acids is 1. The first-order chi connectivity index (χ1) is 22.2. The standard InChI is InChI=1S/C33H31F2N3O6S2/c34-26-6-4-23(19-27(26)35)22-5-7-28(44-15-12-37-10-13-43-14-11-37)24(18-22)20-29-32(42)38(33(45)46-29)9-8-30(39)36-25-3-1-2-21(16-25)17-31(40)41/h1-7,16,18-20H,8-15,17H2,(H,36,39)(H,40,41). The normalized spacial score (nSPS) is 16.2. The molecule has 0 spiro atoms. The second-order valence-electron chi connectivity index (χ2n) is 10.6. The molecule has 2 amide bonds. The van der Waals surface area contributed by atoms with E-state index in [-0.39, 0.29) is 31.2 Å². The van der Waals surface area contributed by atoms with Crippen LogP contribution >= 0.6 is 24.0 Å². The van der Waals surface area contributed by atoms with Gasteiger partial charge in [-0.25, -0.2) is 8.78 Å². The van der Waals surface area contributed by atoms with E-state index in [1.807, 2.05) is 0 Å². The highest BCUT2D eigenvalue weighted by Crippen LogP contribution is 2.36. The molecule has 3 aromatic carbocycles. The van der Waals surface area contributed by atoms with Gasteiger partial charge in [0.25, 0.3) is 5.91 Å². The molecule has 5 rings (SSSR count). The molecule has 0 bridgehead atoms. The Morgan fingerprint density at radius 3 is 2.54 bits per heavy atom. The number of carbonyl (C=O) groups excluding carboxylic acids is 2. The van der Waals surface area contributed by atoms with Crippen LogP contribution in [0.2, 0.25) is 0 Å². The number of benzene rings is 3. The topological polar surface area (TPSA) is 108 Å². The number of thiocarbonyl (C=S) groups is 1. The highest BCUT2D eigenvalue weighted by molar-refractivity contribution is 8.26. The lowest BCUT2D eigenvalue weighted by Gasteiger charge is -2.26. The number of rotatable bonds is 12. The number of hydrogen-bond donors (Lipinski definition) is 2. The predicted molar refractivity (Wildman–Crippen MR) is 175 cm³/mol. The highest BCUT2D eigenvalue weighted by atomic mass is 32.2. The fourth-order valence-corrected chi connectivity index (χ4v) is 6.26. The third kappa shape index (κ3) is 8.75. The van der Waals surface area contributed by atoms with Crippen molar-refractivity contribution in [2.75, 3.05) is 51.3 Å². The first kappa shape index (κ1) is 33.2. The molecule has 0 aromatic heterocycles. The lowest BCUT2D eigenvalue weighted by Crippen LogP contribution is -2.38. The highest BCUT2D eigenvalue weighted by Gasteiger charge is 2.32. The molecule has 2 heterocycles. The van der Waals surface area contributed by atoms with Crippen LogP contribution in [0, 0.1) is 11.6 Å². The van der Waals surface area contributed by atoms with Gasteiger partial charge in [-0.3, -0.25) is 24.2 Å². The van der Waals surface area contributed by atoms with Gasteiger partial charge in [0.15, 0.2) is 11.6 Å². The van der Waals surface area contributed by atoms with Crippen molar-refractivity contribution >= 4 is 57.8 Å². The van der Waals surface area contributed by atoms with Crippen molar-refractivity contribution in [2.45, 2.75) is 12.8 Å². The Hall–Kier alpha value is -4.17. The van der Waals surface area contributed by atoms with Crippen LogP contribution in [-0.2, 0) is 25.5 Å². The molecule has 240 valence electrons. The van der Waals surface area contributed by atoms with Crippen molar-refractivity contribution in [3.63, 3.8) is 0 Å². The van der Waals surface area contributed by atoms with Gasteiger partial charge in [0.2, 0.25) is 5.91 Å². The number of anilines is 1. The maximum absolute atomic E-state index is 14.0. The predicted octanol–water partition coefficient (Wildman–Crippen LogP) is 5.20. The molecule has 0 unspecified atom stereocenters. The summed E-state index contributed by atoms with van der Waals surface area (Å²) >= 11 is 6.57. The summed E-state index contributed by atoms with van der Waals surface area (Å²) in [7, 11) is 0. The van der Waals surface area contributed by atoms with Crippen molar-refractivity contribution in [1.82, 2.24) is 9.80 Å². The monoisotopic (exact) mass is 667 g/mol. The molecule has 2 aliphatic rings. The maximum Gasteiger partial charge on any atom is 0.307 e. The van der Waals surface area contributed by atoms with Crippen LogP contribution in [0.15, 0.2) is 65.6 Å². The molecule has 0 saturated carbocycles. The van der Waals surface area contributed by atoms with Gasteiger partial charge in [0.05, 0.1) is 24.5 Å². The summed E-state index contributed by atoms with van der Waals surface area (Å²) in [6, 6.07) is 15.4. The van der Waals surface area contributed by atoms with Gasteiger partial charge in [-0.2, -0.15) is 0 Å². The Bertz CT molecular complexity index is 1680. The maximum atomic E-state index is 14.0. The Kier molecular flexibility index (Phi) is 11.1. The van der Waals surface area contributed by atoms with E-state index in [0.29, 0.717) is 69.3 Å². The molecule has 13 heteroatoms. The van der Waals surface area contributed by atoms with Gasteiger partial charge >= 0.3 is 5.97 Å². The van der Waals surface area contributed by atoms with Crippen LogP contribution in [0.1, 0.15) is 17.5 Å². The summed E-state index contributed by atoms with van der Waals surface area (Å²) in [5.74, 6) is -3.12. The quantitative estimate of drug-likeness (QED) is 0.199. The van der Waals surface area contributed by atoms with Gasteiger partial charge in [-0.1, -0.05) is 48.2 Å². The molecule has 3 aromatic rings. The van der Waals surface area contributed by atoms with E-state index >= 15 is 0 Å². The SMILES string of the molecule is O=C(O)Cc1cccc(NC(=O)CCN2C(=O)C(=Cc3cc(-c4ccc(F)c(F)c4)ccc3OCCN3CCOCC3)SC2=S)c1. The number of hydrogen-bond acceptors (Lipinski definition) is 8. The number of nitrogens with one attached hydrogen (secondary N) is 1. The molecular weight excluding hydrogens is 637 g/mol. The Balaban J connectivity index is 1.29. The molecular formula is C33H31F2N3O6S2. The molecule has 9 nitrogen and oxygen atoms in total. The molecule has 46 heavy (non-hydrogen) atoms. The van der Waals surface area contributed by atoms with Crippen LogP contribution in [0.4, 0.5) is 14.5 Å². The largest absolute Gasteiger partial charge is 0.492 e. The van der Waals surface area contributed by atoms with Crippen molar-refractivity contribution in [3.8, 4) is 16.9 Å². The number of nitrogens with zero attached hydrogens (tertiary/aromatic N) is 2. The van der Waals surface area contributed by atoms with Gasteiger partial charge in [0.1, 0.15) is 16.7 Å². The van der Waals surface area contributed by atoms with Crippen LogP contribution in [-0.4, -0.2) is 83.0 Å². The summed E-state index contributed by atoms with van der Waals surface area (Å²) < 4.78 is 39.4. The number of thioether (sulfide) groups is 1. The summed E-state index contributed by atoms with van der Waals surface area (Å²) in [6.45, 7) is 4.06. The minimum atomic E-state index is -0.978. The fourth-order valence-electron chi connectivity index (χ4n) is 4.96. The molecule has 0 atom stereocenters. The van der Waals surface area contributed by atoms with Gasteiger partial charge in [-0.15, -0.1) is 0 Å². The molecule has 2 fully saturated rings. The van der Waals surface area contributed by atoms with E-state index in [1.54, 1.807) is 48.5 Å². The molecule has 0 aliphatic carbocycles. The minimum Gasteiger partial charge on any atom is -0.492 e. The van der Waals surface area contributed by atoms with E-state index in [9.17, 15) is 23.2 Å². The molecule has 2 aliphatic heterocycles. The zero-order valence-electron chi connectivity index (χ0n) is 24.7. The van der Waals surface area contributed by atoms with E-state index in [4.69, 9.17) is 26.8 Å². The number of carboxylic acid groups (broad SMARTS) is 1. The Morgan fingerprint density at radius 2 is 1.78 bits per heavy atom. The summed E-state index contributed by atoms with van der Waals surface area (Å²) in [5, 5.41) is 11.7. The second kappa shape index (κ2) is 15.4. The number of amides is 2. The Morgan fingerprint density at radius 1 is 1.02 bits per heavy atom. The fraction of sp³-hybridized carbons (Fsp3) is 0.273. The van der Waals surface area contributed by atoms with E-state index in [1.165, 1.54) is 11.0 Å². The number of carbonyl (C=O) groups is 3. The summed E-state index contributed by atoms with van der Waals surface area (Å²) in [5.41, 5.74) is 2.62. The van der Waals surface area contributed by atoms with Gasteiger partial charge in [0, 0.05) is 43.9 Å². The zero-order chi connectivity index (χ0) is 32.6. The van der Waals surface area contributed by atoms with Crippen molar-refractivity contribution in [3.05, 3.63) is 88.3 Å². The number of carboxylic acids is 1. The van der Waals surface area contributed by atoms with E-state index < -0.39 is 17.6 Å². The third-order valence-corrected chi connectivity index (χ3v) is 8.70. The van der Waals surface area contributed by atoms with Crippen LogP contribution in [0.25, 0.3) is 17.2 Å². The minimum absolute atomic E-state index is 0.0373. The zero-order valence-corrected chi connectivity index (χ0v) is 26.3. The second-order valence-corrected chi connectivity index (χ2v) is 12.3. The molecule has 2 N–H and O–H groups in total. The molecule has 2 saturated heterocycles. The van der Waals surface area contributed by atoms with Crippen molar-refractivity contribution < 1.29 is 37.7 Å². The van der Waals surface area contributed by atoms with Crippen molar-refractivity contribution in [2.24, 2.45) is 0 Å². The Labute approximate surface area is 274 Å². The third-order valence-electron chi connectivity index (χ3n) is 7.32. The number of halogens is 2. The lowest BCUT2D eigenvalue weighted by molar-refractivity contribution is -0.136. The lowest BCUT2D eigenvalue weighted by atomic mass is 10.0. The first-order valence-corrected chi connectivity index (χ1v) is 15.8. The van der Waals surface area contributed by atoms with E-state index in [0.717, 1.165) is 37.0 Å². The summed E-state index contributed by atoms with van der Waals surface area (Å²) in [4.78, 5) is 41.0. The average Bonchev–Trinajstić information content (AvgIpc) is 3.29. The van der Waals surface area contributed by atoms with Crippen LogP contribution in [0.5, 0.6) is 5.75 Å². The van der Waals surface area contributed by atoms with E-state index in [2.05, 4.69) is 10.2 Å². The van der Waals surface area contributed by atoms with Gasteiger partial charge < -0.3 is 19.9 Å². The smallest absolute Gasteiger partial charge is 0.307 e. The van der Waals surface area contributed by atoms with Gasteiger partial charge in [-0.05, 0) is 59.2 Å². The summed E-state index contributed by atoms with van der Waals surface area (Å²) in [6.07, 6.45) is 1.45. The first-order valence-electron chi connectivity index (χ1n) is 14.5. The molecule has 0 radical (unpaired) electrons. The number of ether oxygens (including phenoxy) is 2. The van der Waals surface area contributed by atoms with Crippen LogP contribution in [0.3, 0.4) is 0 Å².